The van der Waals surface area contributed by atoms with Gasteiger partial charge in [-0.3, -0.25) is 9.69 Å². The smallest absolute Gasteiger partial charge is 0.256 e. The zero-order valence-corrected chi connectivity index (χ0v) is 21.7. The molecule has 0 saturated carbocycles. The number of carbonyl (C=O) groups excluding carboxylic acids is 1. The number of nitrogens with zero attached hydrogens (tertiary/aromatic N) is 5. The minimum absolute atomic E-state index is 0.0436. The number of ether oxygens (including phenoxy) is 3. The Balaban J connectivity index is 1.32. The van der Waals surface area contributed by atoms with E-state index in [4.69, 9.17) is 24.2 Å². The molecule has 0 unspecified atom stereocenters. The first-order valence-electron chi connectivity index (χ1n) is 12.7. The van der Waals surface area contributed by atoms with Gasteiger partial charge >= 0.3 is 0 Å². The molecule has 1 amide bonds. The molecule has 0 spiro atoms. The number of fused-ring (bicyclic) bond motifs is 3. The fourth-order valence-electron chi connectivity index (χ4n) is 5.39. The summed E-state index contributed by atoms with van der Waals surface area (Å²) in [5, 5.41) is 0. The first-order chi connectivity index (χ1) is 17.5. The summed E-state index contributed by atoms with van der Waals surface area (Å²) in [6.45, 7) is 6.45. The van der Waals surface area contributed by atoms with Crippen LogP contribution >= 0.6 is 0 Å². The van der Waals surface area contributed by atoms with Crippen LogP contribution in [0.1, 0.15) is 46.7 Å². The molecule has 1 aromatic carbocycles. The van der Waals surface area contributed by atoms with Crippen molar-refractivity contribution in [2.75, 3.05) is 47.5 Å². The van der Waals surface area contributed by atoms with Crippen LogP contribution in [0.25, 0.3) is 11.2 Å². The Labute approximate surface area is 212 Å². The maximum Gasteiger partial charge on any atom is 0.256 e. The molecule has 1 saturated heterocycles. The van der Waals surface area contributed by atoms with Gasteiger partial charge in [-0.15, -0.1) is 0 Å². The molecular weight excluding hydrogens is 458 g/mol. The summed E-state index contributed by atoms with van der Waals surface area (Å²) in [7, 11) is 4.88. The Bertz CT molecular complexity index is 1260. The fourth-order valence-corrected chi connectivity index (χ4v) is 5.39. The molecule has 0 atom stereocenters. The van der Waals surface area contributed by atoms with E-state index in [-0.39, 0.29) is 5.91 Å². The van der Waals surface area contributed by atoms with Crippen LogP contribution in [0.3, 0.4) is 0 Å². The molecule has 192 valence electrons. The lowest BCUT2D eigenvalue weighted by molar-refractivity contribution is 0.0629. The highest BCUT2D eigenvalue weighted by Crippen LogP contribution is 2.40. The highest BCUT2D eigenvalue weighted by Gasteiger charge is 2.27. The third-order valence-electron chi connectivity index (χ3n) is 7.26. The number of imidazole rings is 1. The predicted octanol–water partition coefficient (Wildman–Crippen LogP) is 3.45. The van der Waals surface area contributed by atoms with Gasteiger partial charge in [-0.05, 0) is 31.9 Å². The maximum absolute atomic E-state index is 13.6. The van der Waals surface area contributed by atoms with Crippen LogP contribution in [-0.2, 0) is 19.5 Å². The van der Waals surface area contributed by atoms with Gasteiger partial charge in [-0.25, -0.2) is 9.97 Å². The molecule has 0 bridgehead atoms. The summed E-state index contributed by atoms with van der Waals surface area (Å²) in [4.78, 5) is 27.6. The van der Waals surface area contributed by atoms with Crippen molar-refractivity contribution in [1.82, 2.24) is 24.3 Å². The van der Waals surface area contributed by atoms with Crippen LogP contribution < -0.4 is 14.2 Å². The van der Waals surface area contributed by atoms with Crippen LogP contribution in [0, 0.1) is 6.92 Å². The second-order valence-corrected chi connectivity index (χ2v) is 9.54. The van der Waals surface area contributed by atoms with Crippen LogP contribution in [0.5, 0.6) is 17.2 Å². The van der Waals surface area contributed by atoms with Crippen molar-refractivity contribution < 1.29 is 19.0 Å². The summed E-state index contributed by atoms with van der Waals surface area (Å²) in [6.07, 6.45) is 4.42. The molecule has 2 aliphatic heterocycles. The number of benzene rings is 1. The zero-order chi connectivity index (χ0) is 25.2. The molecule has 1 fully saturated rings. The van der Waals surface area contributed by atoms with Gasteiger partial charge in [0.2, 0.25) is 5.75 Å². The molecule has 2 aromatic heterocycles. The van der Waals surface area contributed by atoms with Gasteiger partial charge in [0.25, 0.3) is 5.91 Å². The standard InChI is InChI=1S/C27H35N5O4/c1-18-16-20(23-26(28-18)32-11-7-5-6-8-22(32)29-23)27(33)31-14-12-30(13-15-31)17-19-9-10-21(34-2)25(36-4)24(19)35-3/h9-10,16H,5-8,11-15,17H2,1-4H3. The van der Waals surface area contributed by atoms with Crippen LogP contribution in [0.2, 0.25) is 0 Å². The average molecular weight is 494 g/mol. The minimum atomic E-state index is 0.0436. The van der Waals surface area contributed by atoms with Gasteiger partial charge in [0.15, 0.2) is 17.1 Å². The molecule has 3 aromatic rings. The topological polar surface area (TPSA) is 82.0 Å². The second kappa shape index (κ2) is 10.3. The van der Waals surface area contributed by atoms with E-state index < -0.39 is 0 Å². The number of pyridine rings is 1. The lowest BCUT2D eigenvalue weighted by atomic mass is 10.1. The van der Waals surface area contributed by atoms with E-state index in [1.165, 1.54) is 6.42 Å². The van der Waals surface area contributed by atoms with Crippen molar-refractivity contribution in [1.29, 1.82) is 0 Å². The lowest BCUT2D eigenvalue weighted by Gasteiger charge is -2.35. The van der Waals surface area contributed by atoms with E-state index in [1.54, 1.807) is 21.3 Å². The van der Waals surface area contributed by atoms with Crippen molar-refractivity contribution in [2.24, 2.45) is 0 Å². The van der Waals surface area contributed by atoms with Gasteiger partial charge in [0.05, 0.1) is 26.9 Å². The second-order valence-electron chi connectivity index (χ2n) is 9.54. The Kier molecular flexibility index (Phi) is 7.00. The minimum Gasteiger partial charge on any atom is -0.493 e. The monoisotopic (exact) mass is 493 g/mol. The first-order valence-corrected chi connectivity index (χ1v) is 12.7. The third-order valence-corrected chi connectivity index (χ3v) is 7.26. The Morgan fingerprint density at radius 1 is 0.917 bits per heavy atom. The molecule has 36 heavy (non-hydrogen) atoms. The number of rotatable bonds is 6. The molecule has 0 radical (unpaired) electrons. The van der Waals surface area contributed by atoms with Gasteiger partial charge in [-0.2, -0.15) is 0 Å². The number of aryl methyl sites for hydroxylation is 3. The summed E-state index contributed by atoms with van der Waals surface area (Å²) in [5.41, 5.74) is 4.17. The van der Waals surface area contributed by atoms with Gasteiger partial charge < -0.3 is 23.7 Å². The molecule has 0 N–H and O–H groups in total. The molecule has 9 heteroatoms. The van der Waals surface area contributed by atoms with Crippen LogP contribution in [0.15, 0.2) is 18.2 Å². The van der Waals surface area contributed by atoms with E-state index >= 15 is 0 Å². The normalized spacial score (nSPS) is 16.5. The average Bonchev–Trinajstić information content (AvgIpc) is 3.07. The number of amides is 1. The molecule has 9 nitrogen and oxygen atoms in total. The fraction of sp³-hybridized carbons (Fsp3) is 0.519. The summed E-state index contributed by atoms with van der Waals surface area (Å²) in [6, 6.07) is 5.81. The number of methoxy groups -OCH3 is 3. The van der Waals surface area contributed by atoms with Crippen LogP contribution in [-0.4, -0.2) is 77.8 Å². The van der Waals surface area contributed by atoms with Gasteiger partial charge in [-0.1, -0.05) is 12.5 Å². The van der Waals surface area contributed by atoms with E-state index in [0.717, 1.165) is 67.1 Å². The molecule has 4 heterocycles. The van der Waals surface area contributed by atoms with E-state index in [1.807, 2.05) is 30.0 Å². The highest BCUT2D eigenvalue weighted by atomic mass is 16.5. The molecule has 2 aliphatic rings. The molecule has 0 aliphatic carbocycles. The van der Waals surface area contributed by atoms with Gasteiger partial charge in [0.1, 0.15) is 11.3 Å². The van der Waals surface area contributed by atoms with Crippen molar-refractivity contribution >= 4 is 17.1 Å². The van der Waals surface area contributed by atoms with E-state index in [0.29, 0.717) is 42.4 Å². The summed E-state index contributed by atoms with van der Waals surface area (Å²) in [5.74, 6) is 3.03. The highest BCUT2D eigenvalue weighted by molar-refractivity contribution is 6.04. The van der Waals surface area contributed by atoms with Crippen molar-refractivity contribution in [3.63, 3.8) is 0 Å². The van der Waals surface area contributed by atoms with Crippen LogP contribution in [0.4, 0.5) is 0 Å². The number of piperazine rings is 1. The third kappa shape index (κ3) is 4.48. The number of carbonyl (C=O) groups is 1. The van der Waals surface area contributed by atoms with Crippen molar-refractivity contribution in [3.8, 4) is 17.2 Å². The van der Waals surface area contributed by atoms with Gasteiger partial charge in [0, 0.05) is 56.9 Å². The predicted molar refractivity (Wildman–Crippen MR) is 137 cm³/mol. The molecule has 5 rings (SSSR count). The summed E-state index contributed by atoms with van der Waals surface area (Å²) >= 11 is 0. The first kappa shape index (κ1) is 24.4. The Morgan fingerprint density at radius 3 is 2.42 bits per heavy atom. The number of hydrogen-bond donors (Lipinski definition) is 0. The van der Waals surface area contributed by atoms with E-state index in [9.17, 15) is 4.79 Å². The zero-order valence-electron chi connectivity index (χ0n) is 21.7. The quantitative estimate of drug-likeness (QED) is 0.520. The number of hydrogen-bond acceptors (Lipinski definition) is 7. The van der Waals surface area contributed by atoms with Crippen molar-refractivity contribution in [2.45, 2.75) is 45.7 Å². The number of aromatic nitrogens is 3. The van der Waals surface area contributed by atoms with Crippen molar-refractivity contribution in [3.05, 3.63) is 40.8 Å². The summed E-state index contributed by atoms with van der Waals surface area (Å²) < 4.78 is 18.8. The SMILES string of the molecule is COc1ccc(CN2CCN(C(=O)c3cc(C)nc4c3nc3n4CCCCC3)CC2)c(OC)c1OC. The Hall–Kier alpha value is -3.33. The largest absolute Gasteiger partial charge is 0.493 e. The maximum atomic E-state index is 13.6. The molecular formula is C27H35N5O4. The Morgan fingerprint density at radius 2 is 1.69 bits per heavy atom. The lowest BCUT2D eigenvalue weighted by Crippen LogP contribution is -2.48. The van der Waals surface area contributed by atoms with E-state index in [2.05, 4.69) is 9.47 Å².